The van der Waals surface area contributed by atoms with Crippen molar-refractivity contribution in [3.05, 3.63) is 59.7 Å². The van der Waals surface area contributed by atoms with Crippen LogP contribution in [0.3, 0.4) is 0 Å². The third-order valence-electron chi connectivity index (χ3n) is 5.22. The number of nitrogens with one attached hydrogen (secondary N) is 2. The van der Waals surface area contributed by atoms with E-state index in [1.54, 1.807) is 6.92 Å². The number of carbonyl (C=O) groups is 3. The van der Waals surface area contributed by atoms with Crippen molar-refractivity contribution in [2.24, 2.45) is 0 Å². The number of carboxylic acids is 1. The van der Waals surface area contributed by atoms with Crippen molar-refractivity contribution in [1.29, 1.82) is 0 Å². The minimum absolute atomic E-state index is 0.00730. The molecule has 0 saturated carbocycles. The van der Waals surface area contributed by atoms with Crippen LogP contribution in [-0.2, 0) is 14.3 Å². The molecule has 164 valence electrons. The molecule has 2 aromatic carbocycles. The Morgan fingerprint density at radius 1 is 1.03 bits per heavy atom. The molecule has 0 aliphatic heterocycles. The number of alkyl carbamates (subject to hydrolysis) is 1. The molecular formula is C23H26N2O6. The Hall–Kier alpha value is -3.39. The van der Waals surface area contributed by atoms with E-state index in [9.17, 15) is 19.5 Å². The predicted octanol–water partition coefficient (Wildman–Crippen LogP) is 2.26. The first-order valence-electron chi connectivity index (χ1n) is 10.2. The van der Waals surface area contributed by atoms with E-state index in [1.807, 2.05) is 36.4 Å². The van der Waals surface area contributed by atoms with Gasteiger partial charge in [0, 0.05) is 31.3 Å². The van der Waals surface area contributed by atoms with Gasteiger partial charge in [0.15, 0.2) is 6.10 Å². The average molecular weight is 426 g/mol. The maximum Gasteiger partial charge on any atom is 0.407 e. The lowest BCUT2D eigenvalue weighted by molar-refractivity contribution is -0.147. The van der Waals surface area contributed by atoms with E-state index >= 15 is 0 Å². The highest BCUT2D eigenvalue weighted by molar-refractivity contribution is 5.79. The number of aliphatic carboxylic acids is 1. The van der Waals surface area contributed by atoms with Crippen molar-refractivity contribution >= 4 is 18.0 Å². The molecule has 1 aliphatic carbocycles. The molecule has 31 heavy (non-hydrogen) atoms. The highest BCUT2D eigenvalue weighted by Gasteiger charge is 2.29. The minimum atomic E-state index is -1.52. The van der Waals surface area contributed by atoms with E-state index in [0.717, 1.165) is 22.3 Å². The topological polar surface area (TPSA) is 125 Å². The molecule has 2 aromatic rings. The van der Waals surface area contributed by atoms with Gasteiger partial charge in [-0.05, 0) is 29.2 Å². The lowest BCUT2D eigenvalue weighted by Gasteiger charge is -2.17. The van der Waals surface area contributed by atoms with E-state index in [4.69, 9.17) is 9.84 Å². The second-order valence-corrected chi connectivity index (χ2v) is 7.57. The van der Waals surface area contributed by atoms with Crippen molar-refractivity contribution in [2.45, 2.75) is 37.8 Å². The van der Waals surface area contributed by atoms with Gasteiger partial charge in [0.1, 0.15) is 6.61 Å². The van der Waals surface area contributed by atoms with Crippen LogP contribution in [0.4, 0.5) is 4.79 Å². The fourth-order valence-corrected chi connectivity index (χ4v) is 3.71. The third-order valence-corrected chi connectivity index (χ3v) is 5.22. The Morgan fingerprint density at radius 3 is 2.19 bits per heavy atom. The van der Waals surface area contributed by atoms with E-state index in [2.05, 4.69) is 22.8 Å². The number of hydrogen-bond donors (Lipinski definition) is 4. The highest BCUT2D eigenvalue weighted by atomic mass is 16.5. The Kier molecular flexibility index (Phi) is 7.25. The number of carboxylic acid groups (broad SMARTS) is 1. The van der Waals surface area contributed by atoms with Crippen LogP contribution in [0.2, 0.25) is 0 Å². The molecule has 4 N–H and O–H groups in total. The van der Waals surface area contributed by atoms with Crippen LogP contribution < -0.4 is 10.6 Å². The number of ether oxygens (including phenoxy) is 1. The summed E-state index contributed by atoms with van der Waals surface area (Å²) >= 11 is 0. The summed E-state index contributed by atoms with van der Waals surface area (Å²) in [5, 5.41) is 22.9. The molecule has 2 amide bonds. The number of carbonyl (C=O) groups excluding carboxylic acids is 2. The van der Waals surface area contributed by atoms with Gasteiger partial charge < -0.3 is 25.6 Å². The number of aliphatic hydroxyl groups excluding tert-OH is 1. The zero-order valence-corrected chi connectivity index (χ0v) is 17.2. The Morgan fingerprint density at radius 2 is 1.61 bits per heavy atom. The maximum atomic E-state index is 12.2. The first-order chi connectivity index (χ1) is 14.9. The average Bonchev–Trinajstić information content (AvgIpc) is 3.05. The van der Waals surface area contributed by atoms with Crippen LogP contribution >= 0.6 is 0 Å². The van der Waals surface area contributed by atoms with E-state index < -0.39 is 24.2 Å². The normalized spacial score (nSPS) is 14.1. The van der Waals surface area contributed by atoms with Crippen molar-refractivity contribution in [1.82, 2.24) is 10.6 Å². The van der Waals surface area contributed by atoms with E-state index in [0.29, 0.717) is 0 Å². The molecule has 1 aliphatic rings. The number of rotatable bonds is 9. The minimum Gasteiger partial charge on any atom is -0.479 e. The van der Waals surface area contributed by atoms with Crippen molar-refractivity contribution in [3.63, 3.8) is 0 Å². The van der Waals surface area contributed by atoms with Gasteiger partial charge in [0.05, 0.1) is 0 Å². The second-order valence-electron chi connectivity index (χ2n) is 7.57. The van der Waals surface area contributed by atoms with Gasteiger partial charge in [-0.15, -0.1) is 0 Å². The van der Waals surface area contributed by atoms with Crippen LogP contribution in [-0.4, -0.2) is 53.5 Å². The van der Waals surface area contributed by atoms with E-state index in [1.165, 1.54) is 0 Å². The zero-order chi connectivity index (χ0) is 22.4. The fourth-order valence-electron chi connectivity index (χ4n) is 3.71. The van der Waals surface area contributed by atoms with Gasteiger partial charge in [0.25, 0.3) is 0 Å². The van der Waals surface area contributed by atoms with Crippen LogP contribution in [0.1, 0.15) is 36.8 Å². The summed E-state index contributed by atoms with van der Waals surface area (Å²) in [6.45, 7) is 1.89. The SMILES string of the molecule is C[C@H](CC(=O)NCCC(O)C(=O)O)NC(=O)OCC1c2ccccc2-c2ccccc21. The van der Waals surface area contributed by atoms with Gasteiger partial charge in [-0.2, -0.15) is 0 Å². The smallest absolute Gasteiger partial charge is 0.407 e. The lowest BCUT2D eigenvalue weighted by Crippen LogP contribution is -2.38. The molecule has 0 fully saturated rings. The summed E-state index contributed by atoms with van der Waals surface area (Å²) < 4.78 is 5.45. The fraction of sp³-hybridized carbons (Fsp3) is 0.348. The highest BCUT2D eigenvalue weighted by Crippen LogP contribution is 2.44. The van der Waals surface area contributed by atoms with Crippen LogP contribution in [0, 0.1) is 0 Å². The first-order valence-corrected chi connectivity index (χ1v) is 10.2. The van der Waals surface area contributed by atoms with Gasteiger partial charge in [-0.3, -0.25) is 4.79 Å². The number of amides is 2. The molecule has 0 heterocycles. The number of fused-ring (bicyclic) bond motifs is 3. The second kappa shape index (κ2) is 10.1. The van der Waals surface area contributed by atoms with Crippen LogP contribution in [0.25, 0.3) is 11.1 Å². The zero-order valence-electron chi connectivity index (χ0n) is 17.2. The van der Waals surface area contributed by atoms with Gasteiger partial charge in [-0.1, -0.05) is 48.5 Å². The largest absolute Gasteiger partial charge is 0.479 e. The summed E-state index contributed by atoms with van der Waals surface area (Å²) in [4.78, 5) is 34.7. The maximum absolute atomic E-state index is 12.2. The molecule has 0 aromatic heterocycles. The van der Waals surface area contributed by atoms with Gasteiger partial charge >= 0.3 is 12.1 Å². The predicted molar refractivity (Wildman–Crippen MR) is 114 cm³/mol. The third kappa shape index (κ3) is 5.61. The quantitative estimate of drug-likeness (QED) is 0.487. The first kappa shape index (κ1) is 22.3. The molecule has 1 unspecified atom stereocenters. The molecular weight excluding hydrogens is 400 g/mol. The van der Waals surface area contributed by atoms with Crippen LogP contribution in [0.15, 0.2) is 48.5 Å². The lowest BCUT2D eigenvalue weighted by atomic mass is 9.98. The summed E-state index contributed by atoms with van der Waals surface area (Å²) in [5.74, 6) is -1.74. The molecule has 3 rings (SSSR count). The summed E-state index contributed by atoms with van der Waals surface area (Å²) in [6, 6.07) is 15.6. The molecule has 8 heteroatoms. The molecule has 8 nitrogen and oxygen atoms in total. The molecule has 0 bridgehead atoms. The number of hydrogen-bond acceptors (Lipinski definition) is 5. The van der Waals surface area contributed by atoms with Crippen LogP contribution in [0.5, 0.6) is 0 Å². The number of benzene rings is 2. The number of aliphatic hydroxyl groups is 1. The Balaban J connectivity index is 1.46. The van der Waals surface area contributed by atoms with Crippen molar-refractivity contribution in [2.75, 3.05) is 13.2 Å². The van der Waals surface area contributed by atoms with Gasteiger partial charge in [-0.25, -0.2) is 9.59 Å². The molecule has 2 atom stereocenters. The summed E-state index contributed by atoms with van der Waals surface area (Å²) in [5.41, 5.74) is 4.52. The standard InChI is InChI=1S/C23H26N2O6/c1-14(12-21(27)24-11-10-20(26)22(28)29)25-23(30)31-13-19-17-8-4-2-6-15(17)16-7-3-5-9-18(16)19/h2-9,14,19-20,26H,10-13H2,1H3,(H,24,27)(H,25,30)(H,28,29)/t14-,20?/m1/s1. The molecule has 0 spiro atoms. The Labute approximate surface area is 180 Å². The molecule has 0 radical (unpaired) electrons. The van der Waals surface area contributed by atoms with Crippen molar-refractivity contribution < 1.29 is 29.3 Å². The Bertz CT molecular complexity index is 915. The van der Waals surface area contributed by atoms with Crippen molar-refractivity contribution in [3.8, 4) is 11.1 Å². The van der Waals surface area contributed by atoms with E-state index in [-0.39, 0.29) is 37.8 Å². The molecule has 0 saturated heterocycles. The summed E-state index contributed by atoms with van der Waals surface area (Å²) in [6.07, 6.45) is -2.21. The monoisotopic (exact) mass is 426 g/mol. The summed E-state index contributed by atoms with van der Waals surface area (Å²) in [7, 11) is 0. The van der Waals surface area contributed by atoms with Gasteiger partial charge in [0.2, 0.25) is 5.91 Å².